The first-order valence-corrected chi connectivity index (χ1v) is 10.7. The van der Waals surface area contributed by atoms with Crippen LogP contribution in [0.4, 0.5) is 0 Å². The molecule has 0 amide bonds. The molecule has 0 aromatic heterocycles. The molecule has 150 valence electrons. The highest BCUT2D eigenvalue weighted by Gasteiger charge is 2.33. The number of hydrogen-bond acceptors (Lipinski definition) is 3. The Morgan fingerprint density at radius 1 is 0.964 bits per heavy atom. The van der Waals surface area contributed by atoms with Crippen LogP contribution in [0, 0.1) is 20.8 Å². The molecule has 28 heavy (non-hydrogen) atoms. The van der Waals surface area contributed by atoms with Crippen molar-refractivity contribution in [1.29, 1.82) is 0 Å². The van der Waals surface area contributed by atoms with Crippen LogP contribution in [-0.4, -0.2) is 23.6 Å². The Morgan fingerprint density at radius 3 is 2.14 bits per heavy atom. The van der Waals surface area contributed by atoms with E-state index in [1.807, 2.05) is 0 Å². The summed E-state index contributed by atoms with van der Waals surface area (Å²) in [6.45, 7) is 15.1. The fourth-order valence-corrected chi connectivity index (χ4v) is 4.44. The molecule has 2 aliphatic rings. The fraction of sp³-hybridized carbons (Fsp3) is 0.520. The maximum atomic E-state index is 6.56. The van der Waals surface area contributed by atoms with E-state index in [1.165, 1.54) is 22.3 Å². The predicted octanol–water partition coefficient (Wildman–Crippen LogP) is 6.40. The summed E-state index contributed by atoms with van der Waals surface area (Å²) in [4.78, 5) is 9.97. The van der Waals surface area contributed by atoms with Gasteiger partial charge in [-0.2, -0.15) is 0 Å². The molecule has 0 aliphatic carbocycles. The zero-order chi connectivity index (χ0) is 20.4. The summed E-state index contributed by atoms with van der Waals surface area (Å²) in [5.74, 6) is 0.994. The van der Waals surface area contributed by atoms with Gasteiger partial charge < -0.3 is 4.74 Å². The average Bonchev–Trinajstić information content (AvgIpc) is 2.99. The zero-order valence-corrected chi connectivity index (χ0v) is 18.5. The van der Waals surface area contributed by atoms with Crippen LogP contribution < -0.4 is 0 Å². The average molecular weight is 379 g/mol. The smallest absolute Gasteiger partial charge is 0.130 e. The van der Waals surface area contributed by atoms with Gasteiger partial charge in [0.05, 0.1) is 17.5 Å². The second-order valence-electron chi connectivity index (χ2n) is 8.27. The molecule has 0 spiro atoms. The minimum absolute atomic E-state index is 0.00224. The lowest BCUT2D eigenvalue weighted by atomic mass is 9.89. The molecule has 0 saturated heterocycles. The predicted molar refractivity (Wildman–Crippen MR) is 120 cm³/mol. The van der Waals surface area contributed by atoms with E-state index in [0.717, 1.165) is 54.1 Å². The Hall–Kier alpha value is -2.16. The van der Waals surface area contributed by atoms with Gasteiger partial charge in [-0.25, -0.2) is 0 Å². The summed E-state index contributed by atoms with van der Waals surface area (Å²) in [6.07, 6.45) is 6.86. The molecule has 1 aromatic rings. The van der Waals surface area contributed by atoms with Gasteiger partial charge in [0, 0.05) is 16.8 Å². The quantitative estimate of drug-likeness (QED) is 0.540. The number of dihydropyridines is 1. The van der Waals surface area contributed by atoms with E-state index >= 15 is 0 Å². The highest BCUT2D eigenvalue weighted by atomic mass is 16.5. The number of benzene rings is 1. The molecule has 1 aromatic carbocycles. The minimum atomic E-state index is 0.00224. The highest BCUT2D eigenvalue weighted by molar-refractivity contribution is 6.56. The number of aliphatic imine (C=N–C) groups is 2. The van der Waals surface area contributed by atoms with Gasteiger partial charge >= 0.3 is 0 Å². The largest absolute Gasteiger partial charge is 0.492 e. The Morgan fingerprint density at radius 2 is 1.57 bits per heavy atom. The van der Waals surface area contributed by atoms with Crippen molar-refractivity contribution in [3.8, 4) is 0 Å². The first-order chi connectivity index (χ1) is 13.3. The number of hydrogen-bond donors (Lipinski definition) is 0. The maximum Gasteiger partial charge on any atom is 0.130 e. The monoisotopic (exact) mass is 378 g/mol. The molecule has 0 radical (unpaired) electrons. The zero-order valence-electron chi connectivity index (χ0n) is 18.5. The molecule has 1 unspecified atom stereocenters. The molecule has 2 heterocycles. The summed E-state index contributed by atoms with van der Waals surface area (Å²) in [5, 5.41) is 0. The van der Waals surface area contributed by atoms with Crippen molar-refractivity contribution in [3.05, 3.63) is 57.5 Å². The van der Waals surface area contributed by atoms with E-state index in [-0.39, 0.29) is 12.1 Å². The van der Waals surface area contributed by atoms with E-state index in [2.05, 4.69) is 66.7 Å². The van der Waals surface area contributed by atoms with Crippen molar-refractivity contribution in [2.24, 2.45) is 9.98 Å². The van der Waals surface area contributed by atoms with Crippen molar-refractivity contribution in [1.82, 2.24) is 0 Å². The van der Waals surface area contributed by atoms with E-state index in [4.69, 9.17) is 14.7 Å². The fourth-order valence-electron chi connectivity index (χ4n) is 4.44. The van der Waals surface area contributed by atoms with Crippen LogP contribution in [0.5, 0.6) is 0 Å². The molecule has 3 rings (SSSR count). The molecular weight excluding hydrogens is 344 g/mol. The van der Waals surface area contributed by atoms with Gasteiger partial charge in [0.2, 0.25) is 0 Å². The Bertz CT molecular complexity index is 857. The molecule has 0 saturated carbocycles. The van der Waals surface area contributed by atoms with Gasteiger partial charge in [0.15, 0.2) is 0 Å². The van der Waals surface area contributed by atoms with E-state index in [9.17, 15) is 0 Å². The van der Waals surface area contributed by atoms with E-state index in [1.54, 1.807) is 0 Å². The third-order valence-corrected chi connectivity index (χ3v) is 5.52. The highest BCUT2D eigenvalue weighted by Crippen LogP contribution is 2.33. The number of fused-ring (bicyclic) bond motifs is 1. The van der Waals surface area contributed by atoms with Crippen LogP contribution in [-0.2, 0) is 4.74 Å². The SMILES string of the molecule is CCCC(CCC)OC1=C2C=C(C)N=C2C(c2c(C)cc(C)cc2C)=NC1C. The summed E-state index contributed by atoms with van der Waals surface area (Å²) in [7, 11) is 0. The van der Waals surface area contributed by atoms with Crippen LogP contribution >= 0.6 is 0 Å². The Kier molecular flexibility index (Phi) is 6.22. The summed E-state index contributed by atoms with van der Waals surface area (Å²) in [6, 6.07) is 4.47. The summed E-state index contributed by atoms with van der Waals surface area (Å²) < 4.78 is 6.56. The van der Waals surface area contributed by atoms with Crippen molar-refractivity contribution in [2.45, 2.75) is 86.3 Å². The lowest BCUT2D eigenvalue weighted by Crippen LogP contribution is -2.30. The topological polar surface area (TPSA) is 34.0 Å². The van der Waals surface area contributed by atoms with Gasteiger partial charge in [-0.05, 0) is 64.7 Å². The third-order valence-electron chi connectivity index (χ3n) is 5.52. The van der Waals surface area contributed by atoms with Crippen LogP contribution in [0.1, 0.15) is 75.6 Å². The van der Waals surface area contributed by atoms with Gasteiger partial charge in [0.25, 0.3) is 0 Å². The van der Waals surface area contributed by atoms with E-state index in [0.29, 0.717) is 0 Å². The van der Waals surface area contributed by atoms with Crippen LogP contribution in [0.2, 0.25) is 0 Å². The first kappa shape index (κ1) is 20.6. The van der Waals surface area contributed by atoms with Crippen LogP contribution in [0.15, 0.2) is 45.2 Å². The lowest BCUT2D eigenvalue weighted by Gasteiger charge is -2.28. The number of aryl methyl sites for hydroxylation is 3. The number of nitrogens with zero attached hydrogens (tertiary/aromatic N) is 2. The van der Waals surface area contributed by atoms with Gasteiger partial charge in [-0.15, -0.1) is 0 Å². The molecule has 1 atom stereocenters. The minimum Gasteiger partial charge on any atom is -0.492 e. The van der Waals surface area contributed by atoms with Crippen molar-refractivity contribution >= 4 is 11.4 Å². The normalized spacial score (nSPS) is 18.9. The summed E-state index contributed by atoms with van der Waals surface area (Å²) >= 11 is 0. The molecule has 3 heteroatoms. The van der Waals surface area contributed by atoms with E-state index < -0.39 is 0 Å². The number of rotatable bonds is 7. The standard InChI is InChI=1S/C25H34N2O/c1-8-10-20(11-9-2)28-25-19(7)27-24(23-21(25)14-18(6)26-23)22-16(4)12-15(3)13-17(22)5/h12-14,19-20H,8-11H2,1-7H3. The van der Waals surface area contributed by atoms with Crippen molar-refractivity contribution < 1.29 is 4.74 Å². The number of ether oxygens (including phenoxy) is 1. The Balaban J connectivity index is 2.04. The second-order valence-corrected chi connectivity index (χ2v) is 8.27. The molecule has 3 nitrogen and oxygen atoms in total. The second kappa shape index (κ2) is 8.46. The molecule has 0 N–H and O–H groups in total. The van der Waals surface area contributed by atoms with Gasteiger partial charge in [0.1, 0.15) is 11.8 Å². The summed E-state index contributed by atoms with van der Waals surface area (Å²) in [5.41, 5.74) is 9.17. The molecular formula is C25H34N2O. The molecule has 0 fully saturated rings. The number of allylic oxidation sites excluding steroid dienone is 3. The van der Waals surface area contributed by atoms with Gasteiger partial charge in [-0.1, -0.05) is 44.4 Å². The molecule has 2 aliphatic heterocycles. The first-order valence-electron chi connectivity index (χ1n) is 10.7. The van der Waals surface area contributed by atoms with Gasteiger partial charge in [-0.3, -0.25) is 9.98 Å². The third kappa shape index (κ3) is 3.99. The van der Waals surface area contributed by atoms with Crippen molar-refractivity contribution in [2.75, 3.05) is 0 Å². The Labute approximate surface area is 170 Å². The van der Waals surface area contributed by atoms with Crippen LogP contribution in [0.25, 0.3) is 0 Å². The van der Waals surface area contributed by atoms with Crippen LogP contribution in [0.3, 0.4) is 0 Å². The van der Waals surface area contributed by atoms with Crippen molar-refractivity contribution in [3.63, 3.8) is 0 Å². The molecule has 0 bridgehead atoms. The maximum absolute atomic E-state index is 6.56. The lowest BCUT2D eigenvalue weighted by molar-refractivity contribution is 0.0886.